The van der Waals surface area contributed by atoms with Crippen LogP contribution in [0.4, 0.5) is 4.39 Å². The molecule has 0 aliphatic carbocycles. The first-order chi connectivity index (χ1) is 6.59. The Balaban J connectivity index is 2.55. The molecule has 1 rings (SSSR count). The van der Waals surface area contributed by atoms with Crippen molar-refractivity contribution in [2.24, 2.45) is 0 Å². The van der Waals surface area contributed by atoms with Gasteiger partial charge in [-0.3, -0.25) is 4.79 Å². The maximum absolute atomic E-state index is 12.5. The van der Waals surface area contributed by atoms with Crippen LogP contribution in [-0.2, 0) is 4.79 Å². The summed E-state index contributed by atoms with van der Waals surface area (Å²) in [7, 11) is 0. The van der Waals surface area contributed by atoms with Gasteiger partial charge < -0.3 is 14.9 Å². The Hall–Kier alpha value is -1.78. The van der Waals surface area contributed by atoms with Crippen LogP contribution in [0.25, 0.3) is 0 Å². The van der Waals surface area contributed by atoms with Gasteiger partial charge in [0.15, 0.2) is 11.5 Å². The lowest BCUT2D eigenvalue weighted by molar-refractivity contribution is -0.137. The summed E-state index contributed by atoms with van der Waals surface area (Å²) in [4.78, 5) is 10.1. The molecule has 1 aromatic carbocycles. The molecule has 0 saturated heterocycles. The smallest absolute Gasteiger partial charge is 0.306 e. The van der Waals surface area contributed by atoms with Crippen LogP contribution in [0.1, 0.15) is 6.42 Å². The SMILES string of the molecule is O=C(O)CCOc1ccc(F)cc1O. The fourth-order valence-corrected chi connectivity index (χ4v) is 0.861. The summed E-state index contributed by atoms with van der Waals surface area (Å²) in [6.45, 7) is -0.0610. The summed E-state index contributed by atoms with van der Waals surface area (Å²) >= 11 is 0. The van der Waals surface area contributed by atoms with Crippen LogP contribution in [0.5, 0.6) is 11.5 Å². The number of phenols is 1. The molecule has 0 atom stereocenters. The van der Waals surface area contributed by atoms with Gasteiger partial charge >= 0.3 is 5.97 Å². The average Bonchev–Trinajstić information content (AvgIpc) is 2.08. The van der Waals surface area contributed by atoms with Crippen molar-refractivity contribution in [3.8, 4) is 11.5 Å². The predicted molar refractivity (Wildman–Crippen MR) is 45.8 cm³/mol. The number of ether oxygens (including phenoxy) is 1. The normalized spacial score (nSPS) is 9.79. The predicted octanol–water partition coefficient (Wildman–Crippen LogP) is 1.38. The fraction of sp³-hybridized carbons (Fsp3) is 0.222. The molecule has 0 radical (unpaired) electrons. The van der Waals surface area contributed by atoms with Gasteiger partial charge in [-0.05, 0) is 12.1 Å². The molecule has 76 valence electrons. The van der Waals surface area contributed by atoms with Crippen molar-refractivity contribution in [2.45, 2.75) is 6.42 Å². The van der Waals surface area contributed by atoms with Gasteiger partial charge in [-0.15, -0.1) is 0 Å². The third kappa shape index (κ3) is 2.93. The Kier molecular flexibility index (Phi) is 3.28. The lowest BCUT2D eigenvalue weighted by atomic mass is 10.3. The molecule has 0 spiro atoms. The Morgan fingerprint density at radius 2 is 2.21 bits per heavy atom. The highest BCUT2D eigenvalue weighted by atomic mass is 19.1. The van der Waals surface area contributed by atoms with Gasteiger partial charge in [0.1, 0.15) is 5.82 Å². The van der Waals surface area contributed by atoms with Crippen molar-refractivity contribution in [1.29, 1.82) is 0 Å². The van der Waals surface area contributed by atoms with E-state index in [1.165, 1.54) is 6.07 Å². The molecule has 5 heteroatoms. The minimum absolute atomic E-state index is 0.0610. The van der Waals surface area contributed by atoms with Crippen molar-refractivity contribution in [3.63, 3.8) is 0 Å². The molecule has 0 aliphatic heterocycles. The number of hydrogen-bond donors (Lipinski definition) is 2. The number of carboxylic acid groups (broad SMARTS) is 1. The van der Waals surface area contributed by atoms with Gasteiger partial charge in [-0.1, -0.05) is 0 Å². The largest absolute Gasteiger partial charge is 0.504 e. The highest BCUT2D eigenvalue weighted by molar-refractivity contribution is 5.66. The molecule has 0 heterocycles. The standard InChI is InChI=1S/C9H9FO4/c10-6-1-2-8(7(11)5-6)14-4-3-9(12)13/h1-2,5,11H,3-4H2,(H,12,13). The van der Waals surface area contributed by atoms with E-state index in [1.807, 2.05) is 0 Å². The Bertz CT molecular complexity index is 338. The molecule has 0 amide bonds. The molecular weight excluding hydrogens is 191 g/mol. The van der Waals surface area contributed by atoms with E-state index in [2.05, 4.69) is 0 Å². The van der Waals surface area contributed by atoms with Crippen molar-refractivity contribution >= 4 is 5.97 Å². The van der Waals surface area contributed by atoms with Gasteiger partial charge in [-0.2, -0.15) is 0 Å². The summed E-state index contributed by atoms with van der Waals surface area (Å²) in [5.74, 6) is -1.83. The summed E-state index contributed by atoms with van der Waals surface area (Å²) in [5.41, 5.74) is 0. The first kappa shape index (κ1) is 10.3. The number of halogens is 1. The van der Waals surface area contributed by atoms with Crippen LogP contribution in [-0.4, -0.2) is 22.8 Å². The van der Waals surface area contributed by atoms with E-state index in [9.17, 15) is 9.18 Å². The number of hydrogen-bond acceptors (Lipinski definition) is 3. The molecule has 0 bridgehead atoms. The zero-order valence-corrected chi connectivity index (χ0v) is 7.24. The van der Waals surface area contributed by atoms with E-state index in [-0.39, 0.29) is 24.5 Å². The van der Waals surface area contributed by atoms with Crippen molar-refractivity contribution < 1.29 is 24.1 Å². The second-order valence-corrected chi connectivity index (χ2v) is 2.60. The topological polar surface area (TPSA) is 66.8 Å². The molecule has 4 nitrogen and oxygen atoms in total. The van der Waals surface area contributed by atoms with Crippen LogP contribution >= 0.6 is 0 Å². The zero-order chi connectivity index (χ0) is 10.6. The zero-order valence-electron chi connectivity index (χ0n) is 7.24. The fourth-order valence-electron chi connectivity index (χ4n) is 0.861. The number of aromatic hydroxyl groups is 1. The summed E-state index contributed by atoms with van der Waals surface area (Å²) in [6, 6.07) is 3.26. The van der Waals surface area contributed by atoms with E-state index in [1.54, 1.807) is 0 Å². The summed E-state index contributed by atoms with van der Waals surface area (Å²) < 4.78 is 17.4. The van der Waals surface area contributed by atoms with Crippen molar-refractivity contribution in [1.82, 2.24) is 0 Å². The van der Waals surface area contributed by atoms with Crippen molar-refractivity contribution in [3.05, 3.63) is 24.0 Å². The van der Waals surface area contributed by atoms with E-state index >= 15 is 0 Å². The number of aliphatic carboxylic acids is 1. The van der Waals surface area contributed by atoms with Gasteiger partial charge in [0, 0.05) is 6.07 Å². The molecule has 1 aromatic rings. The number of phenolic OH excluding ortho intramolecular Hbond substituents is 1. The molecule has 2 N–H and O–H groups in total. The second kappa shape index (κ2) is 4.45. The molecule has 14 heavy (non-hydrogen) atoms. The lowest BCUT2D eigenvalue weighted by Gasteiger charge is -2.05. The highest BCUT2D eigenvalue weighted by Crippen LogP contribution is 2.25. The quantitative estimate of drug-likeness (QED) is 0.770. The highest BCUT2D eigenvalue weighted by Gasteiger charge is 2.04. The van der Waals surface area contributed by atoms with E-state index in [0.29, 0.717) is 0 Å². The van der Waals surface area contributed by atoms with Crippen molar-refractivity contribution in [2.75, 3.05) is 6.61 Å². The number of carbonyl (C=O) groups is 1. The minimum atomic E-state index is -0.994. The summed E-state index contributed by atoms with van der Waals surface area (Å²) in [6.07, 6.45) is -0.170. The number of benzene rings is 1. The molecule has 0 fully saturated rings. The van der Waals surface area contributed by atoms with Crippen LogP contribution < -0.4 is 4.74 Å². The van der Waals surface area contributed by atoms with Gasteiger partial charge in [0.05, 0.1) is 13.0 Å². The van der Waals surface area contributed by atoms with Crippen LogP contribution in [0.15, 0.2) is 18.2 Å². The molecule has 0 unspecified atom stereocenters. The van der Waals surface area contributed by atoms with Gasteiger partial charge in [-0.25, -0.2) is 4.39 Å². The molecule has 0 aliphatic rings. The monoisotopic (exact) mass is 200 g/mol. The molecule has 0 saturated carbocycles. The van der Waals surface area contributed by atoms with Crippen LogP contribution in [0.2, 0.25) is 0 Å². The minimum Gasteiger partial charge on any atom is -0.504 e. The Labute approximate surface area is 79.6 Å². The molecular formula is C9H9FO4. The third-order valence-corrected chi connectivity index (χ3v) is 1.49. The van der Waals surface area contributed by atoms with E-state index < -0.39 is 11.8 Å². The third-order valence-electron chi connectivity index (χ3n) is 1.49. The summed E-state index contributed by atoms with van der Waals surface area (Å²) in [5, 5.41) is 17.4. The van der Waals surface area contributed by atoms with Gasteiger partial charge in [0.2, 0.25) is 0 Å². The van der Waals surface area contributed by atoms with Gasteiger partial charge in [0.25, 0.3) is 0 Å². The average molecular weight is 200 g/mol. The lowest BCUT2D eigenvalue weighted by Crippen LogP contribution is -2.04. The second-order valence-electron chi connectivity index (χ2n) is 2.60. The maximum atomic E-state index is 12.5. The number of rotatable bonds is 4. The molecule has 0 aromatic heterocycles. The first-order valence-electron chi connectivity index (χ1n) is 3.92. The van der Waals surface area contributed by atoms with E-state index in [0.717, 1.165) is 12.1 Å². The maximum Gasteiger partial charge on any atom is 0.306 e. The number of carboxylic acids is 1. The van der Waals surface area contributed by atoms with Crippen LogP contribution in [0.3, 0.4) is 0 Å². The van der Waals surface area contributed by atoms with E-state index in [4.69, 9.17) is 14.9 Å². The van der Waals surface area contributed by atoms with Crippen LogP contribution in [0, 0.1) is 5.82 Å². The first-order valence-corrected chi connectivity index (χ1v) is 3.92. The Morgan fingerprint density at radius 3 is 2.79 bits per heavy atom. The Morgan fingerprint density at radius 1 is 1.50 bits per heavy atom.